The van der Waals surface area contributed by atoms with Crippen molar-refractivity contribution in [2.24, 2.45) is 0 Å². The monoisotopic (exact) mass is 329 g/mol. The number of carbonyl (C=O) groups excluding carboxylic acids is 1. The molecule has 0 fully saturated rings. The van der Waals surface area contributed by atoms with E-state index < -0.39 is 17.8 Å². The Hall–Kier alpha value is -2.65. The molecule has 0 atom stereocenters. The van der Waals surface area contributed by atoms with Crippen molar-refractivity contribution in [3.63, 3.8) is 0 Å². The van der Waals surface area contributed by atoms with Crippen LogP contribution in [0.5, 0.6) is 0 Å². The highest BCUT2D eigenvalue weighted by molar-refractivity contribution is 5.75. The smallest absolute Gasteiger partial charge is 0.433 e. The second-order valence-electron chi connectivity index (χ2n) is 4.44. The first-order valence-electron chi connectivity index (χ1n) is 6.66. The molecule has 0 aromatic carbocycles. The third kappa shape index (κ3) is 3.76. The second-order valence-corrected chi connectivity index (χ2v) is 4.44. The number of esters is 1. The minimum absolute atomic E-state index is 0.0211. The summed E-state index contributed by atoms with van der Waals surface area (Å²) in [5, 5.41) is 3.85. The van der Waals surface area contributed by atoms with Gasteiger partial charge in [0.2, 0.25) is 0 Å². The number of halogens is 3. The predicted octanol–water partition coefficient (Wildman–Crippen LogP) is 1.70. The number of ether oxygens (including phenoxy) is 1. The van der Waals surface area contributed by atoms with Crippen molar-refractivity contribution in [1.82, 2.24) is 19.6 Å². The van der Waals surface area contributed by atoms with Gasteiger partial charge in [-0.05, 0) is 6.92 Å². The number of fused-ring (bicyclic) bond motifs is 1. The molecule has 124 valence electrons. The molecule has 2 rings (SSSR count). The standard InChI is InChI=1S/C13H14F3N5O2/c1-3-5-20(7-11(22)23-4-2)10-6-9(13(14,15)16)19-12-17-8-18-21(10)12/h3,6,8H,1,4-5,7H2,2H3. The van der Waals surface area contributed by atoms with Gasteiger partial charge in [-0.3, -0.25) is 4.79 Å². The Morgan fingerprint density at radius 3 is 2.87 bits per heavy atom. The van der Waals surface area contributed by atoms with E-state index in [9.17, 15) is 18.0 Å². The van der Waals surface area contributed by atoms with Gasteiger partial charge in [-0.25, -0.2) is 4.98 Å². The highest BCUT2D eigenvalue weighted by Gasteiger charge is 2.34. The molecule has 0 aliphatic heterocycles. The van der Waals surface area contributed by atoms with E-state index in [0.717, 1.165) is 16.9 Å². The Labute approximate surface area is 129 Å². The summed E-state index contributed by atoms with van der Waals surface area (Å²) in [4.78, 5) is 20.1. The summed E-state index contributed by atoms with van der Waals surface area (Å²) in [5.74, 6) is -0.770. The summed E-state index contributed by atoms with van der Waals surface area (Å²) < 4.78 is 44.9. The van der Waals surface area contributed by atoms with E-state index in [4.69, 9.17) is 4.74 Å². The maximum Gasteiger partial charge on any atom is 0.433 e. The summed E-state index contributed by atoms with van der Waals surface area (Å²) in [5.41, 5.74) is -1.12. The Morgan fingerprint density at radius 1 is 1.52 bits per heavy atom. The summed E-state index contributed by atoms with van der Waals surface area (Å²) in [6.07, 6.45) is -2.11. The fourth-order valence-corrected chi connectivity index (χ4v) is 1.92. The first-order chi connectivity index (χ1) is 10.9. The van der Waals surface area contributed by atoms with E-state index in [0.29, 0.717) is 0 Å². The first-order valence-corrected chi connectivity index (χ1v) is 6.66. The highest BCUT2D eigenvalue weighted by Crippen LogP contribution is 2.30. The molecule has 0 aliphatic carbocycles. The fraction of sp³-hybridized carbons (Fsp3) is 0.385. The van der Waals surface area contributed by atoms with Gasteiger partial charge in [-0.1, -0.05) is 6.08 Å². The molecule has 0 bridgehead atoms. The molecule has 0 N–H and O–H groups in total. The Kier molecular flexibility index (Phi) is 4.82. The van der Waals surface area contributed by atoms with Gasteiger partial charge in [-0.2, -0.15) is 27.8 Å². The van der Waals surface area contributed by atoms with Crippen LogP contribution in [-0.2, 0) is 15.7 Å². The Balaban J connectivity index is 2.50. The van der Waals surface area contributed by atoms with Gasteiger partial charge < -0.3 is 9.64 Å². The number of alkyl halides is 3. The van der Waals surface area contributed by atoms with E-state index >= 15 is 0 Å². The maximum atomic E-state index is 13.0. The average Bonchev–Trinajstić information content (AvgIpc) is 2.93. The molecular weight excluding hydrogens is 315 g/mol. The average molecular weight is 329 g/mol. The summed E-state index contributed by atoms with van der Waals surface area (Å²) in [6.45, 7) is 5.22. The number of hydrogen-bond acceptors (Lipinski definition) is 6. The molecule has 2 heterocycles. The van der Waals surface area contributed by atoms with Crippen LogP contribution in [0.1, 0.15) is 12.6 Å². The van der Waals surface area contributed by atoms with Crippen molar-refractivity contribution in [3.05, 3.63) is 30.7 Å². The van der Waals surface area contributed by atoms with Gasteiger partial charge in [0.25, 0.3) is 5.78 Å². The molecule has 0 spiro atoms. The molecule has 0 unspecified atom stereocenters. The van der Waals surface area contributed by atoms with Crippen LogP contribution in [0.4, 0.5) is 19.0 Å². The number of hydrogen-bond donors (Lipinski definition) is 0. The predicted molar refractivity (Wildman–Crippen MR) is 74.8 cm³/mol. The van der Waals surface area contributed by atoms with Crippen molar-refractivity contribution >= 4 is 17.6 Å². The first kappa shape index (κ1) is 16.7. The minimum Gasteiger partial charge on any atom is -0.465 e. The number of nitrogens with zero attached hydrogens (tertiary/aromatic N) is 5. The van der Waals surface area contributed by atoms with Gasteiger partial charge in [0, 0.05) is 12.6 Å². The van der Waals surface area contributed by atoms with Crippen LogP contribution in [0.15, 0.2) is 25.0 Å². The van der Waals surface area contributed by atoms with Crippen molar-refractivity contribution in [3.8, 4) is 0 Å². The lowest BCUT2D eigenvalue weighted by Crippen LogP contribution is -2.33. The number of rotatable bonds is 6. The molecule has 0 saturated heterocycles. The third-order valence-electron chi connectivity index (χ3n) is 2.82. The van der Waals surface area contributed by atoms with E-state index in [2.05, 4.69) is 21.6 Å². The number of anilines is 1. The normalized spacial score (nSPS) is 11.5. The van der Waals surface area contributed by atoms with Crippen molar-refractivity contribution in [2.75, 3.05) is 24.6 Å². The topological polar surface area (TPSA) is 72.6 Å². The lowest BCUT2D eigenvalue weighted by atomic mass is 10.3. The maximum absolute atomic E-state index is 13.0. The van der Waals surface area contributed by atoms with Crippen molar-refractivity contribution in [1.29, 1.82) is 0 Å². The van der Waals surface area contributed by atoms with Crippen molar-refractivity contribution < 1.29 is 22.7 Å². The zero-order valence-electron chi connectivity index (χ0n) is 12.2. The summed E-state index contributed by atoms with van der Waals surface area (Å²) in [6, 6.07) is 0.810. The summed E-state index contributed by atoms with van der Waals surface area (Å²) >= 11 is 0. The molecule has 0 saturated carbocycles. The van der Waals surface area contributed by atoms with Gasteiger partial charge in [-0.15, -0.1) is 6.58 Å². The second kappa shape index (κ2) is 6.63. The molecule has 0 aliphatic rings. The SMILES string of the molecule is C=CCN(CC(=O)OCC)c1cc(C(F)(F)F)nc2ncnn12. The largest absolute Gasteiger partial charge is 0.465 e. The molecule has 10 heteroatoms. The van der Waals surface area contributed by atoms with Crippen LogP contribution in [0.25, 0.3) is 5.78 Å². The molecule has 0 amide bonds. The Morgan fingerprint density at radius 2 is 2.26 bits per heavy atom. The zero-order valence-corrected chi connectivity index (χ0v) is 12.2. The number of carbonyl (C=O) groups is 1. The lowest BCUT2D eigenvalue weighted by molar-refractivity contribution is -0.141. The summed E-state index contributed by atoms with van der Waals surface area (Å²) in [7, 11) is 0. The quantitative estimate of drug-likeness (QED) is 0.593. The van der Waals surface area contributed by atoms with Gasteiger partial charge in [0.1, 0.15) is 18.7 Å². The lowest BCUT2D eigenvalue weighted by Gasteiger charge is -2.23. The van der Waals surface area contributed by atoms with Gasteiger partial charge in [0.15, 0.2) is 5.69 Å². The molecule has 0 radical (unpaired) electrons. The van der Waals surface area contributed by atoms with Crippen LogP contribution < -0.4 is 4.90 Å². The van der Waals surface area contributed by atoms with Crippen LogP contribution in [-0.4, -0.2) is 45.2 Å². The van der Waals surface area contributed by atoms with Crippen LogP contribution in [0.3, 0.4) is 0 Å². The molecule has 2 aromatic heterocycles. The zero-order chi connectivity index (χ0) is 17.0. The van der Waals surface area contributed by atoms with E-state index in [1.807, 2.05) is 0 Å². The van der Waals surface area contributed by atoms with Crippen LogP contribution in [0, 0.1) is 0 Å². The highest BCUT2D eigenvalue weighted by atomic mass is 19.4. The third-order valence-corrected chi connectivity index (χ3v) is 2.82. The molecule has 7 nitrogen and oxygen atoms in total. The molecular formula is C13H14F3N5O2. The molecule has 23 heavy (non-hydrogen) atoms. The molecule has 2 aromatic rings. The van der Waals surface area contributed by atoms with Crippen LogP contribution in [0.2, 0.25) is 0 Å². The van der Waals surface area contributed by atoms with Crippen molar-refractivity contribution in [2.45, 2.75) is 13.1 Å². The fourth-order valence-electron chi connectivity index (χ4n) is 1.92. The van der Waals surface area contributed by atoms with Gasteiger partial charge in [0.05, 0.1) is 6.61 Å². The van der Waals surface area contributed by atoms with E-state index in [-0.39, 0.29) is 31.3 Å². The Bertz CT molecular complexity index is 713. The van der Waals surface area contributed by atoms with Gasteiger partial charge >= 0.3 is 12.1 Å². The van der Waals surface area contributed by atoms with E-state index in [1.54, 1.807) is 6.92 Å². The number of aromatic nitrogens is 4. The van der Waals surface area contributed by atoms with E-state index in [1.165, 1.54) is 11.0 Å². The van der Waals surface area contributed by atoms with Crippen LogP contribution >= 0.6 is 0 Å². The minimum atomic E-state index is -4.65.